The predicted octanol–water partition coefficient (Wildman–Crippen LogP) is 2.32. The van der Waals surface area contributed by atoms with Crippen LogP contribution in [-0.4, -0.2) is 75.4 Å². The van der Waals surface area contributed by atoms with E-state index in [-0.39, 0.29) is 30.6 Å². The molecule has 12 nitrogen and oxygen atoms in total. The normalized spacial score (nSPS) is 28.8. The van der Waals surface area contributed by atoms with Gasteiger partial charge in [0.2, 0.25) is 23.6 Å². The first kappa shape index (κ1) is 33.6. The van der Waals surface area contributed by atoms with E-state index in [4.69, 9.17) is 5.73 Å². The highest BCUT2D eigenvalue weighted by Gasteiger charge is 2.68. The monoisotopic (exact) mass is 701 g/mol. The van der Waals surface area contributed by atoms with Gasteiger partial charge in [0.15, 0.2) is 0 Å². The fourth-order valence-electron chi connectivity index (χ4n) is 8.86. The van der Waals surface area contributed by atoms with E-state index in [1.807, 2.05) is 98.9 Å². The summed E-state index contributed by atoms with van der Waals surface area (Å²) in [7, 11) is 0. The summed E-state index contributed by atoms with van der Waals surface area (Å²) in [6, 6.07) is 20.4. The third-order valence-electron chi connectivity index (χ3n) is 11.2. The Labute approximate surface area is 301 Å². The molecule has 4 aliphatic rings. The molecule has 2 saturated heterocycles. The number of benzene rings is 3. The Hall–Kier alpha value is -5.49. The van der Waals surface area contributed by atoms with Crippen LogP contribution in [0, 0.1) is 5.92 Å². The van der Waals surface area contributed by atoms with Crippen LogP contribution in [0.5, 0.6) is 0 Å². The largest absolute Gasteiger partial charge is 0.343 e. The Morgan fingerprint density at radius 2 is 1.54 bits per heavy atom. The predicted molar refractivity (Wildman–Crippen MR) is 195 cm³/mol. The maximum absolute atomic E-state index is 14.9. The van der Waals surface area contributed by atoms with Crippen LogP contribution in [0.1, 0.15) is 50.3 Å². The Kier molecular flexibility index (Phi) is 8.17. The number of hydrogen-bond donors (Lipinski definition) is 4. The standard InChI is InChI=1S/C40H43N7O5/c1-22(2)17-29-36(50)44-30-20-40(45-21-25(26-13-7-9-15-31(26)45)19-28(41)35(49)42-23(3)34(48)43-29)27-14-8-10-16-32(27)46-38(52)33(47(37(30)51)39(40)46)18-24-11-5-4-6-12-24/h4-16,21-23,28-30,33,39H,17-20,41H2,1-3H3,(H,42,49)(H,43,48)(H,44,50)/t23-,28-,29-,30-,33-,39-,40+/m0/s1. The zero-order chi connectivity index (χ0) is 36.5. The molecular formula is C40H43N7O5. The minimum Gasteiger partial charge on any atom is -0.343 e. The van der Waals surface area contributed by atoms with Gasteiger partial charge in [-0.2, -0.15) is 0 Å². The number of carbonyl (C=O) groups is 5. The summed E-state index contributed by atoms with van der Waals surface area (Å²) in [4.78, 5) is 74.3. The number of fused-ring (bicyclic) bond motifs is 8. The Morgan fingerprint density at radius 1 is 0.827 bits per heavy atom. The molecule has 8 rings (SSSR count). The van der Waals surface area contributed by atoms with Gasteiger partial charge in [-0.3, -0.25) is 28.9 Å². The van der Waals surface area contributed by atoms with Crippen LogP contribution in [0.3, 0.4) is 0 Å². The van der Waals surface area contributed by atoms with Crippen LogP contribution in [0.4, 0.5) is 5.69 Å². The second-order valence-corrected chi connectivity index (χ2v) is 15.0. The second-order valence-electron chi connectivity index (χ2n) is 15.0. The summed E-state index contributed by atoms with van der Waals surface area (Å²) in [5.74, 6) is -2.07. The molecule has 0 radical (unpaired) electrons. The third-order valence-corrected chi connectivity index (χ3v) is 11.2. The molecule has 52 heavy (non-hydrogen) atoms. The minimum atomic E-state index is -1.05. The third kappa shape index (κ3) is 5.18. The lowest BCUT2D eigenvalue weighted by Gasteiger charge is -2.49. The molecule has 4 bridgehead atoms. The number of nitrogens with one attached hydrogen (secondary N) is 3. The van der Waals surface area contributed by atoms with Gasteiger partial charge in [0.1, 0.15) is 35.9 Å². The Bertz CT molecular complexity index is 2110. The first-order chi connectivity index (χ1) is 25.0. The second kappa shape index (κ2) is 12.6. The number of carbonyl (C=O) groups excluding carboxylic acids is 5. The van der Waals surface area contributed by atoms with E-state index in [2.05, 4.69) is 20.5 Å². The lowest BCUT2D eigenvalue weighted by Crippen LogP contribution is -2.68. The maximum atomic E-state index is 14.9. The van der Waals surface area contributed by atoms with Crippen molar-refractivity contribution in [1.29, 1.82) is 0 Å². The van der Waals surface area contributed by atoms with Crippen molar-refractivity contribution in [1.82, 2.24) is 25.4 Å². The van der Waals surface area contributed by atoms with Gasteiger partial charge in [-0.1, -0.05) is 80.6 Å². The zero-order valence-electron chi connectivity index (χ0n) is 29.4. The topological polar surface area (TPSA) is 159 Å². The van der Waals surface area contributed by atoms with Crippen LogP contribution in [0.15, 0.2) is 85.1 Å². The molecule has 0 unspecified atom stereocenters. The number of aromatic nitrogens is 1. The summed E-state index contributed by atoms with van der Waals surface area (Å²) in [5.41, 5.74) is 9.60. The maximum Gasteiger partial charge on any atom is 0.252 e. The van der Waals surface area contributed by atoms with E-state index in [0.29, 0.717) is 18.5 Å². The van der Waals surface area contributed by atoms with Gasteiger partial charge in [0.25, 0.3) is 5.91 Å². The van der Waals surface area contributed by atoms with Crippen molar-refractivity contribution < 1.29 is 24.0 Å². The molecule has 7 atom stereocenters. The summed E-state index contributed by atoms with van der Waals surface area (Å²) < 4.78 is 2.14. The number of nitrogens with zero attached hydrogens (tertiary/aromatic N) is 3. The number of hydrogen-bond acceptors (Lipinski definition) is 6. The quantitative estimate of drug-likeness (QED) is 0.256. The summed E-state index contributed by atoms with van der Waals surface area (Å²) in [6.07, 6.45) is 2.16. The zero-order valence-corrected chi connectivity index (χ0v) is 29.4. The first-order valence-corrected chi connectivity index (χ1v) is 18.0. The van der Waals surface area contributed by atoms with Gasteiger partial charge in [0, 0.05) is 35.5 Å². The molecule has 1 aromatic heterocycles. The molecule has 12 heteroatoms. The van der Waals surface area contributed by atoms with Gasteiger partial charge in [-0.25, -0.2) is 0 Å². The molecule has 3 aromatic carbocycles. The molecule has 268 valence electrons. The van der Waals surface area contributed by atoms with Crippen molar-refractivity contribution in [3.63, 3.8) is 0 Å². The Balaban J connectivity index is 1.36. The van der Waals surface area contributed by atoms with Crippen molar-refractivity contribution in [2.24, 2.45) is 11.7 Å². The molecule has 2 fully saturated rings. The van der Waals surface area contributed by atoms with Gasteiger partial charge >= 0.3 is 0 Å². The summed E-state index contributed by atoms with van der Waals surface area (Å²) in [6.45, 7) is 5.43. The molecule has 5 N–H and O–H groups in total. The molecule has 4 aliphatic heterocycles. The van der Waals surface area contributed by atoms with Crippen molar-refractivity contribution in [2.75, 3.05) is 4.90 Å². The van der Waals surface area contributed by atoms with E-state index in [1.165, 1.54) is 0 Å². The lowest BCUT2D eigenvalue weighted by atomic mass is 9.78. The van der Waals surface area contributed by atoms with Gasteiger partial charge in [0.05, 0.1) is 11.7 Å². The van der Waals surface area contributed by atoms with Crippen molar-refractivity contribution in [3.05, 3.63) is 102 Å². The number of rotatable bonds is 4. The van der Waals surface area contributed by atoms with Crippen molar-refractivity contribution in [2.45, 2.75) is 88.4 Å². The van der Waals surface area contributed by atoms with Crippen LogP contribution in [-0.2, 0) is 42.4 Å². The molecule has 4 aromatic rings. The van der Waals surface area contributed by atoms with E-state index in [9.17, 15) is 24.0 Å². The number of para-hydroxylation sites is 2. The molecule has 1 spiro atoms. The number of anilines is 1. The molecule has 0 saturated carbocycles. The Morgan fingerprint density at radius 3 is 2.31 bits per heavy atom. The highest BCUT2D eigenvalue weighted by molar-refractivity contribution is 6.08. The number of nitrogens with two attached hydrogens (primary N) is 1. The first-order valence-electron chi connectivity index (χ1n) is 18.0. The van der Waals surface area contributed by atoms with Gasteiger partial charge < -0.3 is 31.2 Å². The highest BCUT2D eigenvalue weighted by Crippen LogP contribution is 2.57. The van der Waals surface area contributed by atoms with E-state index in [1.54, 1.807) is 16.7 Å². The van der Waals surface area contributed by atoms with Crippen molar-refractivity contribution >= 4 is 46.1 Å². The SMILES string of the molecule is CC(C)C[C@@H]1NC(=O)[C@H](C)NC(=O)[C@@H](N)Cc2cn(c3ccccc23)[C@]23C[C@H](NC1=O)C(=O)N1[C@@H](Cc4ccccc4)C(=O)N(c4ccccc42)[C@@H]13. The lowest BCUT2D eigenvalue weighted by molar-refractivity contribution is -0.147. The van der Waals surface area contributed by atoms with Gasteiger partial charge in [-0.15, -0.1) is 0 Å². The average Bonchev–Trinajstić information content (AvgIpc) is 3.74. The van der Waals surface area contributed by atoms with Crippen LogP contribution >= 0.6 is 0 Å². The van der Waals surface area contributed by atoms with E-state index in [0.717, 1.165) is 27.6 Å². The fraction of sp³-hybridized carbons (Fsp3) is 0.375. The van der Waals surface area contributed by atoms with E-state index < -0.39 is 59.6 Å². The molecule has 5 amide bonds. The average molecular weight is 702 g/mol. The fourth-order valence-corrected chi connectivity index (χ4v) is 8.86. The molecule has 5 heterocycles. The minimum absolute atomic E-state index is 0.0177. The highest BCUT2D eigenvalue weighted by atomic mass is 16.2. The smallest absolute Gasteiger partial charge is 0.252 e. The summed E-state index contributed by atoms with van der Waals surface area (Å²) in [5, 5.41) is 9.48. The molecular weight excluding hydrogens is 658 g/mol. The van der Waals surface area contributed by atoms with Crippen LogP contribution in [0.25, 0.3) is 10.9 Å². The van der Waals surface area contributed by atoms with Crippen LogP contribution < -0.4 is 26.6 Å². The number of amides is 5. The number of piperidine rings is 1. The van der Waals surface area contributed by atoms with Crippen molar-refractivity contribution in [3.8, 4) is 0 Å². The molecule has 0 aliphatic carbocycles. The summed E-state index contributed by atoms with van der Waals surface area (Å²) >= 11 is 0. The van der Waals surface area contributed by atoms with Crippen LogP contribution in [0.2, 0.25) is 0 Å². The van der Waals surface area contributed by atoms with Gasteiger partial charge in [-0.05, 0) is 48.9 Å². The van der Waals surface area contributed by atoms with E-state index >= 15 is 0 Å².